The van der Waals surface area contributed by atoms with Gasteiger partial charge in [0.05, 0.1) is 7.11 Å². The van der Waals surface area contributed by atoms with E-state index in [0.717, 1.165) is 6.07 Å². The first-order valence-corrected chi connectivity index (χ1v) is 4.31. The topological polar surface area (TPSA) is 66.8 Å². The van der Waals surface area contributed by atoms with E-state index >= 15 is 0 Å². The van der Waals surface area contributed by atoms with Crippen LogP contribution in [0.5, 0.6) is 11.5 Å². The number of aromatic hydroxyl groups is 1. The van der Waals surface area contributed by atoms with Crippen LogP contribution in [0.25, 0.3) is 0 Å². The highest BCUT2D eigenvalue weighted by atomic mass is 19.1. The van der Waals surface area contributed by atoms with Gasteiger partial charge in [0.25, 0.3) is 0 Å². The smallest absolute Gasteiger partial charge is 0.303 e. The fourth-order valence-electron chi connectivity index (χ4n) is 1.18. The summed E-state index contributed by atoms with van der Waals surface area (Å²) in [5.74, 6) is -1.75. The second kappa shape index (κ2) is 4.63. The number of halogens is 1. The number of aryl methyl sites for hydroxylation is 1. The van der Waals surface area contributed by atoms with Crippen LogP contribution < -0.4 is 4.74 Å². The van der Waals surface area contributed by atoms with Crippen molar-refractivity contribution in [3.05, 3.63) is 23.5 Å². The highest BCUT2D eigenvalue weighted by Crippen LogP contribution is 2.29. The molecule has 0 saturated heterocycles. The lowest BCUT2D eigenvalue weighted by molar-refractivity contribution is -0.136. The molecule has 1 rings (SSSR count). The van der Waals surface area contributed by atoms with Crippen LogP contribution in [0.4, 0.5) is 4.39 Å². The lowest BCUT2D eigenvalue weighted by Crippen LogP contribution is -2.00. The minimum Gasteiger partial charge on any atom is -0.504 e. The molecule has 0 aromatic heterocycles. The Balaban J connectivity index is 2.90. The van der Waals surface area contributed by atoms with E-state index in [-0.39, 0.29) is 29.9 Å². The lowest BCUT2D eigenvalue weighted by Gasteiger charge is -2.06. The Kier molecular flexibility index (Phi) is 3.49. The van der Waals surface area contributed by atoms with E-state index in [4.69, 9.17) is 9.84 Å². The normalized spacial score (nSPS) is 10.0. The van der Waals surface area contributed by atoms with Crippen LogP contribution in [0, 0.1) is 5.82 Å². The van der Waals surface area contributed by atoms with Crippen LogP contribution in [-0.2, 0) is 11.2 Å². The number of rotatable bonds is 4. The minimum atomic E-state index is -1.01. The molecule has 0 spiro atoms. The van der Waals surface area contributed by atoms with Gasteiger partial charge in [0.1, 0.15) is 5.82 Å². The highest BCUT2D eigenvalue weighted by molar-refractivity contribution is 5.67. The molecule has 0 amide bonds. The van der Waals surface area contributed by atoms with Crippen LogP contribution in [0.3, 0.4) is 0 Å². The lowest BCUT2D eigenvalue weighted by atomic mass is 10.1. The molecule has 1 aromatic rings. The average Bonchev–Trinajstić information content (AvgIpc) is 2.18. The minimum absolute atomic E-state index is 0.0339. The third-order valence-electron chi connectivity index (χ3n) is 1.96. The van der Waals surface area contributed by atoms with Gasteiger partial charge in [0.2, 0.25) is 0 Å². The second-order valence-corrected chi connectivity index (χ2v) is 3.01. The number of hydrogen-bond acceptors (Lipinski definition) is 3. The second-order valence-electron chi connectivity index (χ2n) is 3.01. The summed E-state index contributed by atoms with van der Waals surface area (Å²) in [7, 11) is 1.31. The Morgan fingerprint density at radius 2 is 2.20 bits per heavy atom. The predicted octanol–water partition coefficient (Wildman–Crippen LogP) is 1.56. The van der Waals surface area contributed by atoms with E-state index in [1.807, 2.05) is 0 Å². The molecule has 1 aromatic carbocycles. The molecule has 0 radical (unpaired) electrons. The molecular weight excluding hydrogens is 203 g/mol. The quantitative estimate of drug-likeness (QED) is 0.798. The van der Waals surface area contributed by atoms with Gasteiger partial charge in [-0.1, -0.05) is 0 Å². The van der Waals surface area contributed by atoms with Gasteiger partial charge in [0.15, 0.2) is 11.5 Å². The molecule has 0 bridgehead atoms. The van der Waals surface area contributed by atoms with Gasteiger partial charge in [-0.15, -0.1) is 0 Å². The van der Waals surface area contributed by atoms with E-state index in [1.54, 1.807) is 0 Å². The molecule has 0 heterocycles. The highest BCUT2D eigenvalue weighted by Gasteiger charge is 2.10. The molecule has 15 heavy (non-hydrogen) atoms. The van der Waals surface area contributed by atoms with Crippen molar-refractivity contribution in [2.24, 2.45) is 0 Å². The van der Waals surface area contributed by atoms with Gasteiger partial charge in [0, 0.05) is 12.5 Å². The molecule has 82 valence electrons. The van der Waals surface area contributed by atoms with Crippen molar-refractivity contribution >= 4 is 5.97 Å². The Labute approximate surface area is 85.9 Å². The third-order valence-corrected chi connectivity index (χ3v) is 1.96. The number of carboxylic acids is 1. The summed E-state index contributed by atoms with van der Waals surface area (Å²) in [5.41, 5.74) is 0.163. The number of methoxy groups -OCH3 is 1. The fourth-order valence-corrected chi connectivity index (χ4v) is 1.18. The summed E-state index contributed by atoms with van der Waals surface area (Å²) in [5, 5.41) is 17.8. The Morgan fingerprint density at radius 1 is 1.53 bits per heavy atom. The van der Waals surface area contributed by atoms with Gasteiger partial charge in [-0.3, -0.25) is 4.79 Å². The molecule has 0 aliphatic heterocycles. The third kappa shape index (κ3) is 2.83. The van der Waals surface area contributed by atoms with Gasteiger partial charge < -0.3 is 14.9 Å². The molecule has 0 aliphatic carbocycles. The molecule has 0 unspecified atom stereocenters. The van der Waals surface area contributed by atoms with Gasteiger partial charge >= 0.3 is 5.97 Å². The Morgan fingerprint density at radius 3 is 2.73 bits per heavy atom. The predicted molar refractivity (Wildman–Crippen MR) is 50.6 cm³/mol. The molecule has 0 aliphatic rings. The summed E-state index contributed by atoms with van der Waals surface area (Å²) in [4.78, 5) is 10.3. The number of carbonyl (C=O) groups is 1. The SMILES string of the molecule is COc1cc(F)c(CCC(=O)O)cc1O. The summed E-state index contributed by atoms with van der Waals surface area (Å²) >= 11 is 0. The molecule has 4 nitrogen and oxygen atoms in total. The molecule has 2 N–H and O–H groups in total. The number of phenols is 1. The van der Waals surface area contributed by atoms with Crippen LogP contribution in [0.2, 0.25) is 0 Å². The number of phenolic OH excluding ortho intramolecular Hbond substituents is 1. The summed E-state index contributed by atoms with van der Waals surface area (Å²) in [6.07, 6.45) is -0.137. The van der Waals surface area contributed by atoms with E-state index < -0.39 is 11.8 Å². The molecule has 5 heteroatoms. The number of benzene rings is 1. The molecule has 0 saturated carbocycles. The monoisotopic (exact) mass is 214 g/mol. The molecular formula is C10H11FO4. The van der Waals surface area contributed by atoms with Crippen molar-refractivity contribution in [2.75, 3.05) is 7.11 Å². The molecule has 0 atom stereocenters. The Hall–Kier alpha value is -1.78. The van der Waals surface area contributed by atoms with Gasteiger partial charge in [-0.2, -0.15) is 0 Å². The number of hydrogen-bond donors (Lipinski definition) is 2. The number of ether oxygens (including phenoxy) is 1. The average molecular weight is 214 g/mol. The first kappa shape index (κ1) is 11.3. The van der Waals surface area contributed by atoms with E-state index in [9.17, 15) is 14.3 Å². The summed E-state index contributed by atoms with van der Waals surface area (Å²) in [6.45, 7) is 0. The fraction of sp³-hybridized carbons (Fsp3) is 0.300. The number of aliphatic carboxylic acids is 1. The van der Waals surface area contributed by atoms with Crippen LogP contribution >= 0.6 is 0 Å². The largest absolute Gasteiger partial charge is 0.504 e. The van der Waals surface area contributed by atoms with Gasteiger partial charge in [-0.25, -0.2) is 4.39 Å². The van der Waals surface area contributed by atoms with Crippen molar-refractivity contribution in [3.63, 3.8) is 0 Å². The van der Waals surface area contributed by atoms with E-state index in [1.165, 1.54) is 13.2 Å². The zero-order valence-corrected chi connectivity index (χ0v) is 8.16. The standard InChI is InChI=1S/C10H11FO4/c1-15-9-5-7(11)6(4-8(9)12)2-3-10(13)14/h4-5,12H,2-3H2,1H3,(H,13,14). The maximum Gasteiger partial charge on any atom is 0.303 e. The van der Waals surface area contributed by atoms with Crippen molar-refractivity contribution in [3.8, 4) is 11.5 Å². The number of carboxylic acid groups (broad SMARTS) is 1. The maximum absolute atomic E-state index is 13.3. The zero-order chi connectivity index (χ0) is 11.4. The first-order valence-electron chi connectivity index (χ1n) is 4.31. The summed E-state index contributed by atoms with van der Waals surface area (Å²) in [6, 6.07) is 2.21. The van der Waals surface area contributed by atoms with Crippen molar-refractivity contribution in [1.82, 2.24) is 0 Å². The van der Waals surface area contributed by atoms with Crippen LogP contribution in [-0.4, -0.2) is 23.3 Å². The first-order chi connectivity index (χ1) is 7.04. The Bertz CT molecular complexity index is 376. The van der Waals surface area contributed by atoms with Crippen molar-refractivity contribution in [1.29, 1.82) is 0 Å². The van der Waals surface area contributed by atoms with E-state index in [0.29, 0.717) is 0 Å². The van der Waals surface area contributed by atoms with Crippen LogP contribution in [0.1, 0.15) is 12.0 Å². The summed E-state index contributed by atoms with van der Waals surface area (Å²) < 4.78 is 18.0. The van der Waals surface area contributed by atoms with Gasteiger partial charge in [-0.05, 0) is 18.1 Å². The van der Waals surface area contributed by atoms with E-state index in [2.05, 4.69) is 0 Å². The van der Waals surface area contributed by atoms with Crippen molar-refractivity contribution < 1.29 is 24.1 Å². The zero-order valence-electron chi connectivity index (χ0n) is 8.16. The van der Waals surface area contributed by atoms with Crippen molar-refractivity contribution in [2.45, 2.75) is 12.8 Å². The van der Waals surface area contributed by atoms with Crippen LogP contribution in [0.15, 0.2) is 12.1 Å². The molecule has 0 fully saturated rings. The maximum atomic E-state index is 13.3.